The number of hydrogen-bond donors (Lipinski definition) is 0. The maximum absolute atomic E-state index is 10.9. The predicted octanol–water partition coefficient (Wildman–Crippen LogP) is 5.40. The first kappa shape index (κ1) is 17.2. The summed E-state index contributed by atoms with van der Waals surface area (Å²) in [6, 6.07) is 10.6. The molecule has 0 saturated heterocycles. The molecule has 0 aliphatic rings. The fourth-order valence-corrected chi connectivity index (χ4v) is 5.26. The van der Waals surface area contributed by atoms with Crippen LogP contribution in [0.25, 0.3) is 6.08 Å². The third kappa shape index (κ3) is 7.11. The minimum absolute atomic E-state index is 0.306. The highest BCUT2D eigenvalue weighted by atomic mass is 32.2. The number of unbranched alkanes of at least 4 members (excludes halogenated alkanes) is 1. The van der Waals surface area contributed by atoms with E-state index in [1.54, 1.807) is 11.5 Å². The van der Waals surface area contributed by atoms with Gasteiger partial charge in [0.05, 0.1) is 8.07 Å². The molecule has 0 heterocycles. The molecule has 1 rings (SSSR count). The third-order valence-electron chi connectivity index (χ3n) is 3.02. The van der Waals surface area contributed by atoms with E-state index in [2.05, 4.69) is 56.0 Å². The Balaban J connectivity index is 2.58. The van der Waals surface area contributed by atoms with E-state index in [4.69, 9.17) is 0 Å². The molecule has 0 aliphatic carbocycles. The zero-order valence-electron chi connectivity index (χ0n) is 13.1. The van der Waals surface area contributed by atoms with Crippen molar-refractivity contribution in [3.63, 3.8) is 0 Å². The van der Waals surface area contributed by atoms with Crippen LogP contribution in [0.15, 0.2) is 34.9 Å². The lowest BCUT2D eigenvalue weighted by molar-refractivity contribution is -0.117. The molecule has 1 aromatic rings. The van der Waals surface area contributed by atoms with Crippen molar-refractivity contribution in [3.8, 4) is 0 Å². The molecule has 0 spiro atoms. The maximum Gasteiger partial charge on any atom is 0.129 e. The van der Waals surface area contributed by atoms with Crippen LogP contribution in [0.4, 0.5) is 0 Å². The SMILES string of the molecule is CC(=O)CCCCS/C(=C\c1ccccc1)[Si](C)(C)C. The minimum atomic E-state index is -1.29. The first-order valence-electron chi connectivity index (χ1n) is 7.29. The molecule has 0 N–H and O–H groups in total. The standard InChI is InChI=1S/C17H26OSSi/c1-15(18)10-8-9-13-19-17(20(2,3)4)14-16-11-6-5-7-12-16/h5-7,11-12,14H,8-10,13H2,1-4H3/b17-14+. The smallest absolute Gasteiger partial charge is 0.129 e. The Kier molecular flexibility index (Phi) is 7.31. The van der Waals surface area contributed by atoms with E-state index in [1.165, 1.54) is 5.56 Å². The average molecular weight is 307 g/mol. The van der Waals surface area contributed by atoms with Crippen molar-refractivity contribution in [2.45, 2.75) is 45.8 Å². The van der Waals surface area contributed by atoms with Crippen LogP contribution in [0.1, 0.15) is 31.7 Å². The van der Waals surface area contributed by atoms with E-state index in [1.807, 2.05) is 11.8 Å². The van der Waals surface area contributed by atoms with E-state index in [0.29, 0.717) is 5.78 Å². The van der Waals surface area contributed by atoms with Crippen molar-refractivity contribution >= 4 is 31.7 Å². The molecule has 0 unspecified atom stereocenters. The monoisotopic (exact) mass is 306 g/mol. The largest absolute Gasteiger partial charge is 0.300 e. The normalized spacial score (nSPS) is 12.5. The van der Waals surface area contributed by atoms with Crippen LogP contribution in [0.3, 0.4) is 0 Å². The van der Waals surface area contributed by atoms with Gasteiger partial charge in [0.25, 0.3) is 0 Å². The van der Waals surface area contributed by atoms with Crippen LogP contribution >= 0.6 is 11.8 Å². The number of Topliss-reactive ketones (excluding diaryl/α,β-unsaturated/α-hetero) is 1. The molecule has 20 heavy (non-hydrogen) atoms. The summed E-state index contributed by atoms with van der Waals surface area (Å²) in [6.07, 6.45) is 5.22. The van der Waals surface area contributed by atoms with Crippen LogP contribution in [-0.2, 0) is 4.79 Å². The average Bonchev–Trinajstić information content (AvgIpc) is 2.36. The van der Waals surface area contributed by atoms with Gasteiger partial charge in [-0.15, -0.1) is 11.8 Å². The lowest BCUT2D eigenvalue weighted by Gasteiger charge is -2.20. The molecule has 1 nitrogen and oxygen atoms in total. The Hall–Kier alpha value is -0.803. The quantitative estimate of drug-likeness (QED) is 0.472. The van der Waals surface area contributed by atoms with Gasteiger partial charge in [-0.3, -0.25) is 0 Å². The van der Waals surface area contributed by atoms with Gasteiger partial charge in [-0.25, -0.2) is 0 Å². The Morgan fingerprint density at radius 1 is 1.15 bits per heavy atom. The van der Waals surface area contributed by atoms with Crippen LogP contribution in [0.2, 0.25) is 19.6 Å². The highest BCUT2D eigenvalue weighted by Gasteiger charge is 2.19. The summed E-state index contributed by atoms with van der Waals surface area (Å²) in [5.41, 5.74) is 1.29. The van der Waals surface area contributed by atoms with Gasteiger partial charge >= 0.3 is 0 Å². The van der Waals surface area contributed by atoms with E-state index >= 15 is 0 Å². The van der Waals surface area contributed by atoms with Crippen molar-refractivity contribution in [1.82, 2.24) is 0 Å². The molecule has 0 atom stereocenters. The summed E-state index contributed by atoms with van der Waals surface area (Å²) in [7, 11) is -1.29. The Morgan fingerprint density at radius 2 is 1.80 bits per heavy atom. The molecule has 0 fully saturated rings. The molecule has 0 amide bonds. The highest BCUT2D eigenvalue weighted by molar-refractivity contribution is 8.05. The van der Waals surface area contributed by atoms with Gasteiger partial charge in [0, 0.05) is 6.42 Å². The number of thioether (sulfide) groups is 1. The van der Waals surface area contributed by atoms with E-state index < -0.39 is 8.07 Å². The topological polar surface area (TPSA) is 17.1 Å². The molecule has 110 valence electrons. The molecule has 1 aromatic carbocycles. The van der Waals surface area contributed by atoms with Gasteiger partial charge in [0.2, 0.25) is 0 Å². The molecule has 0 saturated carbocycles. The summed E-state index contributed by atoms with van der Waals surface area (Å²) in [5, 5.41) is 0. The predicted molar refractivity (Wildman–Crippen MR) is 94.8 cm³/mol. The number of carbonyl (C=O) groups excluding carboxylic acids is 1. The van der Waals surface area contributed by atoms with Crippen molar-refractivity contribution in [1.29, 1.82) is 0 Å². The number of carbonyl (C=O) groups is 1. The zero-order chi connectivity index (χ0) is 15.0. The number of ketones is 1. The summed E-state index contributed by atoms with van der Waals surface area (Å²) in [4.78, 5) is 10.9. The Morgan fingerprint density at radius 3 is 2.35 bits per heavy atom. The van der Waals surface area contributed by atoms with Gasteiger partial charge in [0.1, 0.15) is 5.78 Å². The second-order valence-electron chi connectivity index (χ2n) is 6.18. The van der Waals surface area contributed by atoms with Crippen LogP contribution in [0, 0.1) is 0 Å². The minimum Gasteiger partial charge on any atom is -0.300 e. The zero-order valence-corrected chi connectivity index (χ0v) is 14.9. The van der Waals surface area contributed by atoms with Crippen molar-refractivity contribution in [2.75, 3.05) is 5.75 Å². The lowest BCUT2D eigenvalue weighted by atomic mass is 10.2. The van der Waals surface area contributed by atoms with Crippen LogP contribution in [0.5, 0.6) is 0 Å². The maximum atomic E-state index is 10.9. The van der Waals surface area contributed by atoms with Gasteiger partial charge in [-0.2, -0.15) is 0 Å². The van der Waals surface area contributed by atoms with Crippen molar-refractivity contribution < 1.29 is 4.79 Å². The fourth-order valence-electron chi connectivity index (χ4n) is 1.83. The third-order valence-corrected chi connectivity index (χ3v) is 7.83. The fraction of sp³-hybridized carbons (Fsp3) is 0.471. The Labute approximate surface area is 128 Å². The second kappa shape index (κ2) is 8.48. The number of rotatable bonds is 8. The Bertz CT molecular complexity index is 446. The molecule has 3 heteroatoms. The summed E-state index contributed by atoms with van der Waals surface area (Å²) in [6.45, 7) is 8.86. The lowest BCUT2D eigenvalue weighted by Crippen LogP contribution is -2.22. The summed E-state index contributed by atoms with van der Waals surface area (Å²) in [5.74, 6) is 1.43. The molecule has 0 aliphatic heterocycles. The number of benzene rings is 1. The van der Waals surface area contributed by atoms with E-state index in [-0.39, 0.29) is 0 Å². The summed E-state index contributed by atoms with van der Waals surface area (Å²) >= 11 is 1.99. The van der Waals surface area contributed by atoms with Crippen molar-refractivity contribution in [2.24, 2.45) is 0 Å². The highest BCUT2D eigenvalue weighted by Crippen LogP contribution is 2.29. The molecule has 0 aromatic heterocycles. The second-order valence-corrected chi connectivity index (χ2v) is 12.7. The van der Waals surface area contributed by atoms with Gasteiger partial charge < -0.3 is 4.79 Å². The molecular formula is C17H26OSSi. The van der Waals surface area contributed by atoms with Gasteiger partial charge in [-0.05, 0) is 41.7 Å². The van der Waals surface area contributed by atoms with Gasteiger partial charge in [-0.1, -0.05) is 50.0 Å². The number of hydrogen-bond acceptors (Lipinski definition) is 2. The molecule has 0 radical (unpaired) electrons. The first-order valence-corrected chi connectivity index (χ1v) is 11.8. The van der Waals surface area contributed by atoms with Crippen LogP contribution in [-0.4, -0.2) is 19.6 Å². The van der Waals surface area contributed by atoms with Gasteiger partial charge in [0.15, 0.2) is 0 Å². The van der Waals surface area contributed by atoms with E-state index in [0.717, 1.165) is 25.0 Å². The molecule has 0 bridgehead atoms. The van der Waals surface area contributed by atoms with Crippen LogP contribution < -0.4 is 0 Å². The summed E-state index contributed by atoms with van der Waals surface area (Å²) < 4.78 is 1.55. The first-order chi connectivity index (χ1) is 9.39. The molecular weight excluding hydrogens is 280 g/mol. The van der Waals surface area contributed by atoms with Crippen molar-refractivity contribution in [3.05, 3.63) is 40.4 Å². The van der Waals surface area contributed by atoms with E-state index in [9.17, 15) is 4.79 Å².